The van der Waals surface area contributed by atoms with E-state index in [9.17, 15) is 14.9 Å². The molecule has 0 saturated heterocycles. The van der Waals surface area contributed by atoms with Crippen molar-refractivity contribution < 1.29 is 14.5 Å². The molecular formula is C19H16N4O4. The highest BCUT2D eigenvalue weighted by atomic mass is 16.6. The molecule has 0 atom stereocenters. The monoisotopic (exact) mass is 364 g/mol. The molecule has 27 heavy (non-hydrogen) atoms. The topological polar surface area (TPSA) is 107 Å². The first-order chi connectivity index (χ1) is 13.0. The second kappa shape index (κ2) is 7.61. The van der Waals surface area contributed by atoms with Gasteiger partial charge in [-0.15, -0.1) is 0 Å². The first-order valence-electron chi connectivity index (χ1n) is 8.02. The van der Waals surface area contributed by atoms with E-state index in [4.69, 9.17) is 4.74 Å². The van der Waals surface area contributed by atoms with Crippen molar-refractivity contribution in [1.82, 2.24) is 9.97 Å². The van der Waals surface area contributed by atoms with Crippen molar-refractivity contribution >= 4 is 17.3 Å². The van der Waals surface area contributed by atoms with Crippen molar-refractivity contribution in [2.75, 3.05) is 12.4 Å². The maximum atomic E-state index is 12.5. The van der Waals surface area contributed by atoms with Crippen LogP contribution in [0.4, 0.5) is 11.4 Å². The highest BCUT2D eigenvalue weighted by molar-refractivity contribution is 6.05. The van der Waals surface area contributed by atoms with Crippen molar-refractivity contribution in [3.8, 4) is 17.1 Å². The summed E-state index contributed by atoms with van der Waals surface area (Å²) in [5, 5.41) is 13.5. The zero-order valence-corrected chi connectivity index (χ0v) is 14.7. The Hall–Kier alpha value is -3.81. The lowest BCUT2D eigenvalue weighted by atomic mass is 10.1. The Morgan fingerprint density at radius 2 is 1.93 bits per heavy atom. The minimum atomic E-state index is -0.520. The molecule has 3 aromatic rings. The van der Waals surface area contributed by atoms with Crippen LogP contribution in [0.15, 0.2) is 54.7 Å². The first kappa shape index (κ1) is 18.0. The van der Waals surface area contributed by atoms with E-state index in [0.717, 1.165) is 11.3 Å². The Bertz CT molecular complexity index is 1000. The van der Waals surface area contributed by atoms with Crippen LogP contribution in [0.3, 0.4) is 0 Å². The lowest BCUT2D eigenvalue weighted by molar-refractivity contribution is -0.384. The van der Waals surface area contributed by atoms with Gasteiger partial charge in [0.1, 0.15) is 5.75 Å². The molecular weight excluding hydrogens is 348 g/mol. The SMILES string of the molecule is COc1ccc(-c2ncc(C(=O)Nc3cccc([N+](=O)[O-])c3)c(C)n2)cc1. The molecule has 2 aromatic carbocycles. The number of hydrogen-bond donors (Lipinski definition) is 1. The van der Waals surface area contributed by atoms with Crippen LogP contribution >= 0.6 is 0 Å². The van der Waals surface area contributed by atoms with Crippen LogP contribution in [-0.2, 0) is 0 Å². The van der Waals surface area contributed by atoms with Crippen molar-refractivity contribution in [3.05, 3.63) is 76.1 Å². The number of carbonyl (C=O) groups excluding carboxylic acids is 1. The van der Waals surface area contributed by atoms with Gasteiger partial charge in [-0.2, -0.15) is 0 Å². The van der Waals surface area contributed by atoms with Crippen LogP contribution in [0.1, 0.15) is 16.1 Å². The highest BCUT2D eigenvalue weighted by Gasteiger charge is 2.14. The number of nitro benzene ring substituents is 1. The molecule has 0 unspecified atom stereocenters. The number of amides is 1. The van der Waals surface area contributed by atoms with E-state index in [-0.39, 0.29) is 5.69 Å². The third-order valence-electron chi connectivity index (χ3n) is 3.89. The predicted molar refractivity (Wildman–Crippen MR) is 99.8 cm³/mol. The summed E-state index contributed by atoms with van der Waals surface area (Å²) < 4.78 is 5.12. The number of ether oxygens (including phenoxy) is 1. The maximum Gasteiger partial charge on any atom is 0.271 e. The Morgan fingerprint density at radius 3 is 2.56 bits per heavy atom. The summed E-state index contributed by atoms with van der Waals surface area (Å²) in [7, 11) is 1.59. The summed E-state index contributed by atoms with van der Waals surface area (Å²) in [5.74, 6) is 0.778. The Labute approximate surface area is 155 Å². The molecule has 3 rings (SSSR count). The number of aromatic nitrogens is 2. The number of aryl methyl sites for hydroxylation is 1. The largest absolute Gasteiger partial charge is 0.497 e. The van der Waals surface area contributed by atoms with Crippen LogP contribution in [-0.4, -0.2) is 27.9 Å². The number of anilines is 1. The average molecular weight is 364 g/mol. The lowest BCUT2D eigenvalue weighted by Crippen LogP contribution is -2.15. The number of nitrogens with zero attached hydrogens (tertiary/aromatic N) is 3. The van der Waals surface area contributed by atoms with Gasteiger partial charge in [0.2, 0.25) is 0 Å². The van der Waals surface area contributed by atoms with Crippen LogP contribution < -0.4 is 10.1 Å². The molecule has 0 aliphatic rings. The van der Waals surface area contributed by atoms with E-state index in [0.29, 0.717) is 22.8 Å². The third-order valence-corrected chi connectivity index (χ3v) is 3.89. The smallest absolute Gasteiger partial charge is 0.271 e. The first-order valence-corrected chi connectivity index (χ1v) is 8.02. The molecule has 1 aromatic heterocycles. The highest BCUT2D eigenvalue weighted by Crippen LogP contribution is 2.21. The van der Waals surface area contributed by atoms with Crippen LogP contribution in [0.5, 0.6) is 5.75 Å². The molecule has 136 valence electrons. The number of methoxy groups -OCH3 is 1. The van der Waals surface area contributed by atoms with Crippen molar-refractivity contribution in [2.24, 2.45) is 0 Å². The molecule has 0 bridgehead atoms. The van der Waals surface area contributed by atoms with Gasteiger partial charge >= 0.3 is 0 Å². The van der Waals surface area contributed by atoms with Crippen LogP contribution in [0, 0.1) is 17.0 Å². The van der Waals surface area contributed by atoms with Gasteiger partial charge < -0.3 is 10.1 Å². The standard InChI is InChI=1S/C19H16N4O4/c1-12-17(19(24)22-14-4-3-5-15(10-14)23(25)26)11-20-18(21-12)13-6-8-16(27-2)9-7-13/h3-11H,1-2H3,(H,22,24). The number of hydrogen-bond acceptors (Lipinski definition) is 6. The molecule has 0 radical (unpaired) electrons. The van der Waals surface area contributed by atoms with Crippen molar-refractivity contribution in [2.45, 2.75) is 6.92 Å². The number of carbonyl (C=O) groups is 1. The second-order valence-corrected chi connectivity index (χ2v) is 5.68. The Morgan fingerprint density at radius 1 is 1.19 bits per heavy atom. The molecule has 8 heteroatoms. The third kappa shape index (κ3) is 4.06. The molecule has 1 amide bonds. The number of benzene rings is 2. The quantitative estimate of drug-likeness (QED) is 0.547. The molecule has 0 fully saturated rings. The maximum absolute atomic E-state index is 12.5. The van der Waals surface area contributed by atoms with Gasteiger partial charge in [-0.3, -0.25) is 14.9 Å². The molecule has 0 spiro atoms. The molecule has 0 saturated carbocycles. The normalized spacial score (nSPS) is 10.3. The van der Waals surface area contributed by atoms with E-state index in [2.05, 4.69) is 15.3 Å². The van der Waals surface area contributed by atoms with Gasteiger partial charge in [0.25, 0.3) is 11.6 Å². The second-order valence-electron chi connectivity index (χ2n) is 5.68. The molecule has 0 aliphatic heterocycles. The molecule has 1 heterocycles. The summed E-state index contributed by atoms with van der Waals surface area (Å²) in [4.78, 5) is 31.4. The summed E-state index contributed by atoms with van der Waals surface area (Å²) in [6.07, 6.45) is 1.44. The molecule has 0 aliphatic carbocycles. The van der Waals surface area contributed by atoms with E-state index in [1.54, 1.807) is 32.2 Å². The lowest BCUT2D eigenvalue weighted by Gasteiger charge is -2.09. The van der Waals surface area contributed by atoms with Crippen LogP contribution in [0.25, 0.3) is 11.4 Å². The number of non-ortho nitro benzene ring substituents is 1. The Balaban J connectivity index is 1.81. The van der Waals surface area contributed by atoms with E-state index >= 15 is 0 Å². The summed E-state index contributed by atoms with van der Waals surface area (Å²) >= 11 is 0. The summed E-state index contributed by atoms with van der Waals surface area (Å²) in [6, 6.07) is 13.0. The van der Waals surface area contributed by atoms with E-state index < -0.39 is 10.8 Å². The summed E-state index contributed by atoms with van der Waals surface area (Å²) in [6.45, 7) is 1.71. The van der Waals surface area contributed by atoms with E-state index in [1.807, 2.05) is 12.1 Å². The average Bonchev–Trinajstić information content (AvgIpc) is 2.68. The van der Waals surface area contributed by atoms with Crippen molar-refractivity contribution in [1.29, 1.82) is 0 Å². The van der Waals surface area contributed by atoms with Gasteiger partial charge in [0.05, 0.1) is 23.3 Å². The Kier molecular flexibility index (Phi) is 5.07. The van der Waals surface area contributed by atoms with Gasteiger partial charge in [0.15, 0.2) is 5.82 Å². The van der Waals surface area contributed by atoms with E-state index in [1.165, 1.54) is 24.4 Å². The number of rotatable bonds is 5. The summed E-state index contributed by atoms with van der Waals surface area (Å²) in [5.41, 5.74) is 1.81. The number of nitrogens with one attached hydrogen (secondary N) is 1. The minimum absolute atomic E-state index is 0.101. The van der Waals surface area contributed by atoms with Gasteiger partial charge in [-0.05, 0) is 37.3 Å². The molecule has 8 nitrogen and oxygen atoms in total. The van der Waals surface area contributed by atoms with Gasteiger partial charge in [0, 0.05) is 29.6 Å². The fourth-order valence-corrected chi connectivity index (χ4v) is 2.46. The van der Waals surface area contributed by atoms with Gasteiger partial charge in [-0.25, -0.2) is 9.97 Å². The minimum Gasteiger partial charge on any atom is -0.497 e. The zero-order valence-electron chi connectivity index (χ0n) is 14.7. The zero-order chi connectivity index (χ0) is 19.4. The molecule has 1 N–H and O–H groups in total. The fraction of sp³-hybridized carbons (Fsp3) is 0.105. The van der Waals surface area contributed by atoms with Gasteiger partial charge in [-0.1, -0.05) is 6.07 Å². The predicted octanol–water partition coefficient (Wildman–Crippen LogP) is 3.62. The number of nitro groups is 1. The fourth-order valence-electron chi connectivity index (χ4n) is 2.46. The van der Waals surface area contributed by atoms with Crippen molar-refractivity contribution in [3.63, 3.8) is 0 Å². The van der Waals surface area contributed by atoms with Crippen LogP contribution in [0.2, 0.25) is 0 Å².